The van der Waals surface area contributed by atoms with Crippen LogP contribution in [-0.2, 0) is 17.9 Å². The molecule has 4 rings (SSSR count). The van der Waals surface area contributed by atoms with E-state index in [1.54, 1.807) is 0 Å². The normalized spacial score (nSPS) is 13.1. The molecule has 1 aromatic heterocycles. The van der Waals surface area contributed by atoms with Gasteiger partial charge < -0.3 is 20.1 Å². The Morgan fingerprint density at radius 3 is 2.79 bits per heavy atom. The molecule has 1 atom stereocenters. The number of nitrogens with zero attached hydrogens (tertiary/aromatic N) is 2. The van der Waals surface area contributed by atoms with Crippen molar-refractivity contribution in [3.63, 3.8) is 0 Å². The van der Waals surface area contributed by atoms with Crippen molar-refractivity contribution in [2.45, 2.75) is 29.6 Å². The summed E-state index contributed by atoms with van der Waals surface area (Å²) < 4.78 is 11.4. The number of ether oxygens (including phenoxy) is 2. The second-order valence-corrected chi connectivity index (χ2v) is 8.94. The lowest BCUT2D eigenvalue weighted by atomic mass is 10.2. The van der Waals surface area contributed by atoms with Crippen LogP contribution in [0, 0.1) is 0 Å². The Morgan fingerprint density at radius 1 is 1.10 bits per heavy atom. The number of anilines is 1. The maximum Gasteiger partial charge on any atom is 0.233 e. The van der Waals surface area contributed by atoms with Crippen molar-refractivity contribution < 1.29 is 14.3 Å². The van der Waals surface area contributed by atoms with E-state index in [4.69, 9.17) is 9.47 Å². The third kappa shape index (κ3) is 5.18. The summed E-state index contributed by atoms with van der Waals surface area (Å²) >= 11 is 2.84. The van der Waals surface area contributed by atoms with Crippen LogP contribution in [0.2, 0.25) is 0 Å². The van der Waals surface area contributed by atoms with Crippen LogP contribution in [0.4, 0.5) is 5.13 Å². The van der Waals surface area contributed by atoms with E-state index in [0.717, 1.165) is 20.8 Å². The number of benzene rings is 2. The number of amides is 1. The van der Waals surface area contributed by atoms with Gasteiger partial charge >= 0.3 is 0 Å². The van der Waals surface area contributed by atoms with E-state index in [1.165, 1.54) is 28.7 Å². The number of fused-ring (bicyclic) bond motifs is 1. The van der Waals surface area contributed by atoms with Crippen LogP contribution in [-0.4, -0.2) is 28.1 Å². The monoisotopic (exact) mass is 428 g/mol. The standard InChI is InChI=1S/C20H20N4O3S2/c1-13(18(25)21-11-15-7-8-16-17(9-15)27-12-26-16)28-20-24-23-19(29-20)22-10-14-5-3-2-4-6-14/h2-9,13H,10-12H2,1H3,(H,21,25)(H,22,23). The molecule has 0 aliphatic carbocycles. The van der Waals surface area contributed by atoms with Gasteiger partial charge in [0.05, 0.1) is 5.25 Å². The molecule has 2 heterocycles. The smallest absolute Gasteiger partial charge is 0.233 e. The lowest BCUT2D eigenvalue weighted by Crippen LogP contribution is -2.30. The van der Waals surface area contributed by atoms with E-state index in [0.29, 0.717) is 18.8 Å². The van der Waals surface area contributed by atoms with E-state index in [1.807, 2.05) is 43.3 Å². The van der Waals surface area contributed by atoms with Crippen LogP contribution in [0.25, 0.3) is 0 Å². The topological polar surface area (TPSA) is 85.4 Å². The largest absolute Gasteiger partial charge is 0.454 e. The fourth-order valence-corrected chi connectivity index (χ4v) is 4.61. The van der Waals surface area contributed by atoms with Crippen LogP contribution < -0.4 is 20.1 Å². The van der Waals surface area contributed by atoms with Crippen molar-refractivity contribution in [1.29, 1.82) is 0 Å². The summed E-state index contributed by atoms with van der Waals surface area (Å²) in [5, 5.41) is 15.0. The molecule has 0 spiro atoms. The average Bonchev–Trinajstić information content (AvgIpc) is 3.40. The molecule has 0 saturated heterocycles. The maximum absolute atomic E-state index is 12.4. The summed E-state index contributed by atoms with van der Waals surface area (Å²) in [4.78, 5) is 12.4. The number of carbonyl (C=O) groups excluding carboxylic acids is 1. The Hall–Kier alpha value is -2.78. The minimum absolute atomic E-state index is 0.0540. The zero-order valence-electron chi connectivity index (χ0n) is 15.8. The van der Waals surface area contributed by atoms with Gasteiger partial charge in [-0.1, -0.05) is 59.5 Å². The van der Waals surface area contributed by atoms with Crippen LogP contribution in [0.1, 0.15) is 18.1 Å². The minimum Gasteiger partial charge on any atom is -0.454 e. The molecule has 0 radical (unpaired) electrons. The van der Waals surface area contributed by atoms with Gasteiger partial charge in [-0.25, -0.2) is 0 Å². The minimum atomic E-state index is -0.279. The van der Waals surface area contributed by atoms with Crippen LogP contribution in [0.5, 0.6) is 11.5 Å². The molecule has 1 unspecified atom stereocenters. The molecule has 1 amide bonds. The summed E-state index contributed by atoms with van der Waals surface area (Å²) in [7, 11) is 0. The molecule has 2 N–H and O–H groups in total. The molecule has 7 nitrogen and oxygen atoms in total. The molecular weight excluding hydrogens is 408 g/mol. The summed E-state index contributed by atoms with van der Waals surface area (Å²) in [6.07, 6.45) is 0. The van der Waals surface area contributed by atoms with E-state index in [9.17, 15) is 4.79 Å². The molecule has 9 heteroatoms. The number of rotatable bonds is 8. The number of aromatic nitrogens is 2. The molecule has 0 bridgehead atoms. The fraction of sp³-hybridized carbons (Fsp3) is 0.250. The number of nitrogens with one attached hydrogen (secondary N) is 2. The zero-order valence-corrected chi connectivity index (χ0v) is 17.4. The van der Waals surface area contributed by atoms with Gasteiger partial charge in [-0.2, -0.15) is 0 Å². The number of carbonyl (C=O) groups is 1. The molecule has 2 aromatic carbocycles. The first-order chi connectivity index (χ1) is 14.2. The van der Waals surface area contributed by atoms with Crippen molar-refractivity contribution in [2.24, 2.45) is 0 Å². The molecule has 3 aromatic rings. The van der Waals surface area contributed by atoms with Crippen molar-refractivity contribution in [3.05, 3.63) is 59.7 Å². The highest BCUT2D eigenvalue weighted by molar-refractivity contribution is 8.02. The number of thioether (sulfide) groups is 1. The van der Waals surface area contributed by atoms with Gasteiger partial charge in [0.15, 0.2) is 15.8 Å². The Morgan fingerprint density at radius 2 is 1.93 bits per heavy atom. The van der Waals surface area contributed by atoms with Gasteiger partial charge in [-0.3, -0.25) is 4.79 Å². The summed E-state index contributed by atoms with van der Waals surface area (Å²) in [5.74, 6) is 1.39. The van der Waals surface area contributed by atoms with Gasteiger partial charge in [0.1, 0.15) is 0 Å². The SMILES string of the molecule is CC(Sc1nnc(NCc2ccccc2)s1)C(=O)NCc1ccc2c(c1)OCO2. The Kier molecular flexibility index (Phi) is 6.16. The molecule has 29 heavy (non-hydrogen) atoms. The average molecular weight is 429 g/mol. The van der Waals surface area contributed by atoms with E-state index >= 15 is 0 Å². The predicted octanol–water partition coefficient (Wildman–Crippen LogP) is 3.68. The van der Waals surface area contributed by atoms with Gasteiger partial charge in [-0.05, 0) is 30.2 Å². The third-order valence-corrected chi connectivity index (χ3v) is 6.31. The molecule has 150 valence electrons. The second kappa shape index (κ2) is 9.15. The molecule has 0 fully saturated rings. The zero-order chi connectivity index (χ0) is 20.1. The van der Waals surface area contributed by atoms with Gasteiger partial charge in [-0.15, -0.1) is 10.2 Å². The highest BCUT2D eigenvalue weighted by Gasteiger charge is 2.18. The maximum atomic E-state index is 12.4. The first-order valence-corrected chi connectivity index (χ1v) is 10.8. The lowest BCUT2D eigenvalue weighted by Gasteiger charge is -2.10. The highest BCUT2D eigenvalue weighted by atomic mass is 32.2. The Bertz CT molecular complexity index is 981. The predicted molar refractivity (Wildman–Crippen MR) is 113 cm³/mol. The molecule has 1 aliphatic rings. The molecular formula is C20H20N4O3S2. The van der Waals surface area contributed by atoms with Crippen LogP contribution in [0.3, 0.4) is 0 Å². The van der Waals surface area contributed by atoms with Crippen LogP contribution >= 0.6 is 23.1 Å². The first kappa shape index (κ1) is 19.5. The Labute approximate surface area is 176 Å². The first-order valence-electron chi connectivity index (χ1n) is 9.11. The second-order valence-electron chi connectivity index (χ2n) is 6.38. The van der Waals surface area contributed by atoms with E-state index in [2.05, 4.69) is 33.0 Å². The van der Waals surface area contributed by atoms with Crippen LogP contribution in [0.15, 0.2) is 52.9 Å². The summed E-state index contributed by atoms with van der Waals surface area (Å²) in [5.41, 5.74) is 2.14. The van der Waals surface area contributed by atoms with Crippen molar-refractivity contribution in [2.75, 3.05) is 12.1 Å². The van der Waals surface area contributed by atoms with E-state index < -0.39 is 0 Å². The lowest BCUT2D eigenvalue weighted by molar-refractivity contribution is -0.120. The number of hydrogen-bond donors (Lipinski definition) is 2. The quantitative estimate of drug-likeness (QED) is 0.530. The summed E-state index contributed by atoms with van der Waals surface area (Å²) in [6, 6.07) is 15.8. The van der Waals surface area contributed by atoms with Crippen molar-refractivity contribution >= 4 is 34.1 Å². The molecule has 0 saturated carbocycles. The summed E-state index contributed by atoms with van der Waals surface area (Å²) in [6.45, 7) is 3.22. The van der Waals surface area contributed by atoms with Crippen molar-refractivity contribution in [1.82, 2.24) is 15.5 Å². The molecule has 1 aliphatic heterocycles. The van der Waals surface area contributed by atoms with E-state index in [-0.39, 0.29) is 18.0 Å². The highest BCUT2D eigenvalue weighted by Crippen LogP contribution is 2.32. The fourth-order valence-electron chi connectivity index (χ4n) is 2.69. The van der Waals surface area contributed by atoms with Gasteiger partial charge in [0.2, 0.25) is 17.8 Å². The number of hydrogen-bond acceptors (Lipinski definition) is 8. The Balaban J connectivity index is 1.25. The third-order valence-electron chi connectivity index (χ3n) is 4.24. The van der Waals surface area contributed by atoms with Crippen molar-refractivity contribution in [3.8, 4) is 11.5 Å². The van der Waals surface area contributed by atoms with Gasteiger partial charge in [0, 0.05) is 13.1 Å². The van der Waals surface area contributed by atoms with Gasteiger partial charge in [0.25, 0.3) is 0 Å².